The number of aliphatic hydroxyl groups is 1. The minimum absolute atomic E-state index is 0.0450. The van der Waals surface area contributed by atoms with Gasteiger partial charge in [-0.1, -0.05) is 26.2 Å². The zero-order valence-electron chi connectivity index (χ0n) is 9.76. The van der Waals surface area contributed by atoms with Gasteiger partial charge in [0.1, 0.15) is 11.6 Å². The predicted molar refractivity (Wildman–Crippen MR) is 60.1 cm³/mol. The fraction of sp³-hybridized carbons (Fsp3) is 0.538. The monoisotopic (exact) mass is 228 g/mol. The molecule has 0 spiro atoms. The quantitative estimate of drug-likeness (QED) is 0.761. The number of benzene rings is 1. The second-order valence-corrected chi connectivity index (χ2v) is 4.36. The van der Waals surface area contributed by atoms with Crippen LogP contribution in [0.2, 0.25) is 0 Å². The lowest BCUT2D eigenvalue weighted by atomic mass is 9.90. The highest BCUT2D eigenvalue weighted by Gasteiger charge is 2.26. The van der Waals surface area contributed by atoms with Crippen LogP contribution >= 0.6 is 0 Å². The van der Waals surface area contributed by atoms with Crippen LogP contribution in [0.3, 0.4) is 0 Å². The maximum Gasteiger partial charge on any atom is 0.129 e. The molecule has 1 aromatic carbocycles. The van der Waals surface area contributed by atoms with Crippen LogP contribution in [0, 0.1) is 11.6 Å². The largest absolute Gasteiger partial charge is 0.385 e. The van der Waals surface area contributed by atoms with Crippen LogP contribution in [-0.4, -0.2) is 5.11 Å². The molecule has 0 fully saturated rings. The normalized spacial score (nSPS) is 14.8. The summed E-state index contributed by atoms with van der Waals surface area (Å²) in [7, 11) is 0. The summed E-state index contributed by atoms with van der Waals surface area (Å²) in [6.45, 7) is 3.58. The van der Waals surface area contributed by atoms with Crippen LogP contribution in [0.1, 0.15) is 45.1 Å². The van der Waals surface area contributed by atoms with Crippen LogP contribution in [0.4, 0.5) is 8.78 Å². The van der Waals surface area contributed by atoms with Crippen LogP contribution < -0.4 is 0 Å². The maximum atomic E-state index is 13.4. The lowest BCUT2D eigenvalue weighted by molar-refractivity contribution is 0.0410. The van der Waals surface area contributed by atoms with Gasteiger partial charge in [-0.3, -0.25) is 0 Å². The Hall–Kier alpha value is -0.960. The molecule has 16 heavy (non-hydrogen) atoms. The first kappa shape index (κ1) is 13.1. The molecule has 1 unspecified atom stereocenters. The minimum Gasteiger partial charge on any atom is -0.385 e. The van der Waals surface area contributed by atoms with Crippen molar-refractivity contribution in [2.45, 2.75) is 45.1 Å². The Morgan fingerprint density at radius 2 is 1.94 bits per heavy atom. The summed E-state index contributed by atoms with van der Waals surface area (Å²) in [5.74, 6) is -1.07. The summed E-state index contributed by atoms with van der Waals surface area (Å²) in [4.78, 5) is 0. The molecule has 1 nitrogen and oxygen atoms in total. The van der Waals surface area contributed by atoms with Crippen molar-refractivity contribution in [3.63, 3.8) is 0 Å². The highest BCUT2D eigenvalue weighted by molar-refractivity contribution is 5.24. The third kappa shape index (κ3) is 3.27. The van der Waals surface area contributed by atoms with Gasteiger partial charge in [-0.2, -0.15) is 0 Å². The molecule has 0 amide bonds. The van der Waals surface area contributed by atoms with Crippen molar-refractivity contribution in [3.8, 4) is 0 Å². The molecule has 0 heterocycles. The zero-order chi connectivity index (χ0) is 12.2. The van der Waals surface area contributed by atoms with Gasteiger partial charge in [0.15, 0.2) is 0 Å². The number of halogens is 2. The smallest absolute Gasteiger partial charge is 0.129 e. The molecule has 0 aliphatic heterocycles. The summed E-state index contributed by atoms with van der Waals surface area (Å²) in [6.07, 6.45) is 3.26. The van der Waals surface area contributed by atoms with Crippen molar-refractivity contribution in [1.82, 2.24) is 0 Å². The van der Waals surface area contributed by atoms with E-state index in [0.29, 0.717) is 6.42 Å². The Bertz CT molecular complexity index is 348. The van der Waals surface area contributed by atoms with Crippen molar-refractivity contribution in [2.75, 3.05) is 0 Å². The van der Waals surface area contributed by atoms with Crippen molar-refractivity contribution >= 4 is 0 Å². The zero-order valence-corrected chi connectivity index (χ0v) is 9.76. The van der Waals surface area contributed by atoms with Crippen LogP contribution in [0.25, 0.3) is 0 Å². The standard InChI is InChI=1S/C13H18F2O/c1-3-4-5-8-13(2,16)11-9-10(14)6-7-12(11)15/h6-7,9,16H,3-5,8H2,1-2H3. The molecule has 90 valence electrons. The highest BCUT2D eigenvalue weighted by Crippen LogP contribution is 2.29. The molecular weight excluding hydrogens is 210 g/mol. The first-order chi connectivity index (χ1) is 7.47. The third-order valence-electron chi connectivity index (χ3n) is 2.78. The van der Waals surface area contributed by atoms with E-state index in [2.05, 4.69) is 6.92 Å². The van der Waals surface area contributed by atoms with Crippen LogP contribution in [-0.2, 0) is 5.60 Å². The molecular formula is C13H18F2O. The van der Waals surface area contributed by atoms with E-state index < -0.39 is 17.2 Å². The van der Waals surface area contributed by atoms with Gasteiger partial charge < -0.3 is 5.11 Å². The Morgan fingerprint density at radius 3 is 2.56 bits per heavy atom. The van der Waals surface area contributed by atoms with E-state index >= 15 is 0 Å². The molecule has 1 N–H and O–H groups in total. The van der Waals surface area contributed by atoms with Crippen molar-refractivity contribution in [3.05, 3.63) is 35.4 Å². The highest BCUT2D eigenvalue weighted by atomic mass is 19.1. The number of unbranched alkanes of at least 4 members (excludes halogenated alkanes) is 2. The van der Waals surface area contributed by atoms with E-state index in [0.717, 1.165) is 37.5 Å². The van der Waals surface area contributed by atoms with Crippen molar-refractivity contribution in [1.29, 1.82) is 0 Å². The lowest BCUT2D eigenvalue weighted by Gasteiger charge is -2.24. The predicted octanol–water partition coefficient (Wildman–Crippen LogP) is 3.75. The van der Waals surface area contributed by atoms with Crippen molar-refractivity contribution < 1.29 is 13.9 Å². The van der Waals surface area contributed by atoms with Gasteiger partial charge in [0.2, 0.25) is 0 Å². The van der Waals surface area contributed by atoms with E-state index in [4.69, 9.17) is 0 Å². The second kappa shape index (κ2) is 5.39. The van der Waals surface area contributed by atoms with Gasteiger partial charge in [-0.05, 0) is 31.5 Å². The number of hydrogen-bond acceptors (Lipinski definition) is 1. The summed E-state index contributed by atoms with van der Waals surface area (Å²) in [5, 5.41) is 10.1. The van der Waals surface area contributed by atoms with Gasteiger partial charge >= 0.3 is 0 Å². The fourth-order valence-electron chi connectivity index (χ4n) is 1.76. The SMILES string of the molecule is CCCCCC(C)(O)c1cc(F)ccc1F. The topological polar surface area (TPSA) is 20.2 Å². The molecule has 1 aromatic rings. The molecule has 0 aromatic heterocycles. The average Bonchev–Trinajstić information content (AvgIpc) is 2.22. The maximum absolute atomic E-state index is 13.4. The third-order valence-corrected chi connectivity index (χ3v) is 2.78. The number of rotatable bonds is 5. The number of hydrogen-bond donors (Lipinski definition) is 1. The van der Waals surface area contributed by atoms with E-state index in [-0.39, 0.29) is 5.56 Å². The van der Waals surface area contributed by atoms with Crippen LogP contribution in [0.15, 0.2) is 18.2 Å². The summed E-state index contributed by atoms with van der Waals surface area (Å²) in [5.41, 5.74) is -1.25. The lowest BCUT2D eigenvalue weighted by Crippen LogP contribution is -2.22. The van der Waals surface area contributed by atoms with Gasteiger partial charge in [0, 0.05) is 5.56 Å². The first-order valence-corrected chi connectivity index (χ1v) is 5.65. The van der Waals surface area contributed by atoms with Crippen molar-refractivity contribution in [2.24, 2.45) is 0 Å². The van der Waals surface area contributed by atoms with E-state index in [1.165, 1.54) is 6.92 Å². The van der Waals surface area contributed by atoms with E-state index in [1.54, 1.807) is 0 Å². The van der Waals surface area contributed by atoms with Gasteiger partial charge in [-0.15, -0.1) is 0 Å². The Morgan fingerprint density at radius 1 is 1.25 bits per heavy atom. The van der Waals surface area contributed by atoms with Crippen LogP contribution in [0.5, 0.6) is 0 Å². The molecule has 1 rings (SSSR count). The second-order valence-electron chi connectivity index (χ2n) is 4.36. The molecule has 0 aliphatic carbocycles. The Labute approximate surface area is 95.1 Å². The molecule has 0 bridgehead atoms. The summed E-state index contributed by atoms with van der Waals surface area (Å²) < 4.78 is 26.4. The van der Waals surface area contributed by atoms with Gasteiger partial charge in [-0.25, -0.2) is 8.78 Å². The van der Waals surface area contributed by atoms with Gasteiger partial charge in [0.25, 0.3) is 0 Å². The average molecular weight is 228 g/mol. The molecule has 0 saturated heterocycles. The molecule has 1 atom stereocenters. The summed E-state index contributed by atoms with van der Waals surface area (Å²) in [6, 6.07) is 3.18. The van der Waals surface area contributed by atoms with E-state index in [1.807, 2.05) is 0 Å². The molecule has 0 aliphatic rings. The Balaban J connectivity index is 2.83. The molecule has 0 radical (unpaired) electrons. The molecule has 3 heteroatoms. The van der Waals surface area contributed by atoms with E-state index in [9.17, 15) is 13.9 Å². The Kier molecular flexibility index (Phi) is 4.42. The minimum atomic E-state index is -1.29. The summed E-state index contributed by atoms with van der Waals surface area (Å²) >= 11 is 0. The molecule has 0 saturated carbocycles. The van der Waals surface area contributed by atoms with Gasteiger partial charge in [0.05, 0.1) is 5.60 Å². The fourth-order valence-corrected chi connectivity index (χ4v) is 1.76. The first-order valence-electron chi connectivity index (χ1n) is 5.65.